The van der Waals surface area contributed by atoms with Crippen LogP contribution in [0.4, 0.5) is 0 Å². The lowest BCUT2D eigenvalue weighted by Crippen LogP contribution is -2.32. The molecule has 2 aromatic rings. The number of halogens is 1. The molecule has 0 atom stereocenters. The van der Waals surface area contributed by atoms with Gasteiger partial charge in [-0.1, -0.05) is 36.6 Å². The largest absolute Gasteiger partial charge is 0.494 e. The van der Waals surface area contributed by atoms with E-state index >= 15 is 0 Å². The minimum Gasteiger partial charge on any atom is -0.494 e. The molecule has 3 rings (SSSR count). The first kappa shape index (κ1) is 13.9. The molecule has 0 bridgehead atoms. The monoisotopic (exact) mass is 306 g/mol. The molecule has 1 saturated carbocycles. The maximum Gasteiger partial charge on any atom is 0.331 e. The van der Waals surface area contributed by atoms with Gasteiger partial charge in [-0.15, -0.1) is 0 Å². The fraction of sp³-hybridized carbons (Fsp3) is 0.333. The average Bonchev–Trinajstić information content (AvgIpc) is 2.94. The van der Waals surface area contributed by atoms with E-state index < -0.39 is 11.2 Å². The van der Waals surface area contributed by atoms with Gasteiger partial charge in [0.1, 0.15) is 5.56 Å². The van der Waals surface area contributed by atoms with E-state index in [0.717, 1.165) is 25.7 Å². The van der Waals surface area contributed by atoms with Crippen molar-refractivity contribution in [2.45, 2.75) is 31.7 Å². The smallest absolute Gasteiger partial charge is 0.331 e. The van der Waals surface area contributed by atoms with E-state index in [1.165, 1.54) is 4.57 Å². The zero-order valence-electron chi connectivity index (χ0n) is 11.3. The highest BCUT2D eigenvalue weighted by atomic mass is 35.5. The number of aromatic hydroxyl groups is 1. The van der Waals surface area contributed by atoms with Gasteiger partial charge in [0.25, 0.3) is 5.56 Å². The first-order chi connectivity index (χ1) is 10.1. The molecule has 1 aromatic heterocycles. The van der Waals surface area contributed by atoms with Crippen molar-refractivity contribution in [3.8, 4) is 17.0 Å². The van der Waals surface area contributed by atoms with Crippen LogP contribution in [0.5, 0.6) is 5.88 Å². The third-order valence-electron chi connectivity index (χ3n) is 3.94. The lowest BCUT2D eigenvalue weighted by Gasteiger charge is -2.16. The highest BCUT2D eigenvalue weighted by Crippen LogP contribution is 2.33. The first-order valence-electron chi connectivity index (χ1n) is 6.91. The predicted molar refractivity (Wildman–Crippen MR) is 80.9 cm³/mol. The molecule has 5 nitrogen and oxygen atoms in total. The van der Waals surface area contributed by atoms with Gasteiger partial charge in [-0.05, 0) is 30.5 Å². The van der Waals surface area contributed by atoms with E-state index in [1.54, 1.807) is 24.3 Å². The van der Waals surface area contributed by atoms with Crippen molar-refractivity contribution < 1.29 is 5.11 Å². The second-order valence-electron chi connectivity index (χ2n) is 5.27. The Morgan fingerprint density at radius 2 is 1.76 bits per heavy atom. The molecule has 1 aliphatic rings. The summed E-state index contributed by atoms with van der Waals surface area (Å²) in [7, 11) is 0. The second-order valence-corrected chi connectivity index (χ2v) is 5.71. The van der Waals surface area contributed by atoms with Gasteiger partial charge in [0.2, 0.25) is 5.88 Å². The van der Waals surface area contributed by atoms with Crippen LogP contribution < -0.4 is 11.2 Å². The molecule has 0 spiro atoms. The molecule has 1 aliphatic carbocycles. The van der Waals surface area contributed by atoms with Crippen molar-refractivity contribution in [1.82, 2.24) is 9.55 Å². The van der Waals surface area contributed by atoms with Crippen LogP contribution in [-0.4, -0.2) is 14.7 Å². The van der Waals surface area contributed by atoms with Crippen molar-refractivity contribution in [2.24, 2.45) is 0 Å². The average molecular weight is 307 g/mol. The fourth-order valence-electron chi connectivity index (χ4n) is 2.92. The lowest BCUT2D eigenvalue weighted by atomic mass is 10.1. The number of hydrogen-bond acceptors (Lipinski definition) is 3. The molecular formula is C15H15ClN2O3. The quantitative estimate of drug-likeness (QED) is 0.895. The van der Waals surface area contributed by atoms with E-state index in [4.69, 9.17) is 11.6 Å². The molecule has 6 heteroatoms. The first-order valence-corrected chi connectivity index (χ1v) is 7.29. The van der Waals surface area contributed by atoms with Gasteiger partial charge >= 0.3 is 5.69 Å². The predicted octanol–water partition coefficient (Wildman–Crippen LogP) is 2.68. The molecule has 1 heterocycles. The summed E-state index contributed by atoms with van der Waals surface area (Å²) in [6, 6.07) is 6.52. The maximum absolute atomic E-state index is 12.1. The summed E-state index contributed by atoms with van der Waals surface area (Å²) in [4.78, 5) is 26.4. The van der Waals surface area contributed by atoms with Gasteiger partial charge in [-0.25, -0.2) is 4.79 Å². The normalized spacial score (nSPS) is 15.5. The molecule has 21 heavy (non-hydrogen) atoms. The SMILES string of the molecule is O=c1[nH]c(=O)n(C2CCCC2)c(O)c1-c1ccc(Cl)cc1. The molecular weight excluding hydrogens is 292 g/mol. The lowest BCUT2D eigenvalue weighted by molar-refractivity contribution is 0.365. The van der Waals surface area contributed by atoms with Crippen LogP contribution in [0.15, 0.2) is 33.9 Å². The number of nitrogens with one attached hydrogen (secondary N) is 1. The molecule has 110 valence electrons. The number of H-pyrrole nitrogens is 1. The van der Waals surface area contributed by atoms with Crippen LogP contribution in [0.2, 0.25) is 5.02 Å². The molecule has 0 radical (unpaired) electrons. The van der Waals surface area contributed by atoms with Crippen LogP contribution in [0.1, 0.15) is 31.7 Å². The summed E-state index contributed by atoms with van der Waals surface area (Å²) < 4.78 is 1.30. The second kappa shape index (κ2) is 5.41. The number of aromatic amines is 1. The van der Waals surface area contributed by atoms with Gasteiger partial charge in [0.05, 0.1) is 0 Å². The summed E-state index contributed by atoms with van der Waals surface area (Å²) in [5.41, 5.74) is -0.501. The Morgan fingerprint density at radius 1 is 1.14 bits per heavy atom. The summed E-state index contributed by atoms with van der Waals surface area (Å²) in [6.07, 6.45) is 3.71. The Hall–Kier alpha value is -2.01. The molecule has 0 saturated heterocycles. The van der Waals surface area contributed by atoms with Crippen LogP contribution in [-0.2, 0) is 0 Å². The van der Waals surface area contributed by atoms with Gasteiger partial charge in [0.15, 0.2) is 0 Å². The number of nitrogens with zero attached hydrogens (tertiary/aromatic N) is 1. The fourth-order valence-corrected chi connectivity index (χ4v) is 3.04. The minimum atomic E-state index is -0.589. The van der Waals surface area contributed by atoms with Crippen molar-refractivity contribution in [2.75, 3.05) is 0 Å². The number of rotatable bonds is 2. The van der Waals surface area contributed by atoms with Crippen molar-refractivity contribution in [3.63, 3.8) is 0 Å². The summed E-state index contributed by atoms with van der Waals surface area (Å²) >= 11 is 5.84. The van der Waals surface area contributed by atoms with E-state index in [9.17, 15) is 14.7 Å². The Morgan fingerprint density at radius 3 is 2.38 bits per heavy atom. The van der Waals surface area contributed by atoms with Crippen molar-refractivity contribution in [1.29, 1.82) is 0 Å². The molecule has 1 fully saturated rings. The molecule has 0 aliphatic heterocycles. The minimum absolute atomic E-state index is 0.0552. The van der Waals surface area contributed by atoms with Gasteiger partial charge in [-0.2, -0.15) is 0 Å². The topological polar surface area (TPSA) is 75.1 Å². The maximum atomic E-state index is 12.1. The third-order valence-corrected chi connectivity index (χ3v) is 4.19. The van der Waals surface area contributed by atoms with Gasteiger partial charge in [-0.3, -0.25) is 14.3 Å². The zero-order chi connectivity index (χ0) is 15.0. The molecule has 2 N–H and O–H groups in total. The van der Waals surface area contributed by atoms with Crippen LogP contribution >= 0.6 is 11.6 Å². The Labute approximate surface area is 125 Å². The van der Waals surface area contributed by atoms with E-state index in [1.807, 2.05) is 0 Å². The number of benzene rings is 1. The summed E-state index contributed by atoms with van der Waals surface area (Å²) in [6.45, 7) is 0. The third kappa shape index (κ3) is 2.49. The van der Waals surface area contributed by atoms with Crippen molar-refractivity contribution in [3.05, 3.63) is 50.1 Å². The summed E-state index contributed by atoms with van der Waals surface area (Å²) in [5.74, 6) is -0.266. The molecule has 1 aromatic carbocycles. The van der Waals surface area contributed by atoms with Gasteiger partial charge < -0.3 is 5.11 Å². The Kier molecular flexibility index (Phi) is 3.59. The van der Waals surface area contributed by atoms with Gasteiger partial charge in [0, 0.05) is 11.1 Å². The zero-order valence-corrected chi connectivity index (χ0v) is 12.1. The number of hydrogen-bond donors (Lipinski definition) is 2. The number of aromatic nitrogens is 2. The van der Waals surface area contributed by atoms with Crippen LogP contribution in [0.25, 0.3) is 11.1 Å². The highest BCUT2D eigenvalue weighted by Gasteiger charge is 2.24. The Balaban J connectivity index is 2.21. The van der Waals surface area contributed by atoms with E-state index in [2.05, 4.69) is 4.98 Å². The van der Waals surface area contributed by atoms with Crippen molar-refractivity contribution >= 4 is 11.6 Å². The van der Waals surface area contributed by atoms with Crippen LogP contribution in [0.3, 0.4) is 0 Å². The van der Waals surface area contributed by atoms with E-state index in [-0.39, 0.29) is 17.5 Å². The van der Waals surface area contributed by atoms with Crippen LogP contribution in [0, 0.1) is 0 Å². The standard InChI is InChI=1S/C15H15ClN2O3/c16-10-7-5-9(6-8-10)12-13(19)17-15(21)18(14(12)20)11-3-1-2-4-11/h5-8,11,20H,1-4H2,(H,17,19,21). The highest BCUT2D eigenvalue weighted by molar-refractivity contribution is 6.30. The Bertz CT molecular complexity index is 771. The molecule has 0 unspecified atom stereocenters. The molecule has 0 amide bonds. The van der Waals surface area contributed by atoms with E-state index in [0.29, 0.717) is 10.6 Å². The summed E-state index contributed by atoms with van der Waals surface area (Å²) in [5, 5.41) is 11.0.